The van der Waals surface area contributed by atoms with Crippen LogP contribution in [-0.2, 0) is 36.9 Å². The molecule has 0 aliphatic heterocycles. The number of rotatable bonds is 20. The van der Waals surface area contributed by atoms with Gasteiger partial charge in [-0.2, -0.15) is 0 Å². The zero-order chi connectivity index (χ0) is 35.9. The van der Waals surface area contributed by atoms with Crippen LogP contribution in [0.15, 0.2) is 47.9 Å². The Bertz CT molecular complexity index is 1310. The smallest absolute Gasteiger partial charge is 0.334 e. The van der Waals surface area contributed by atoms with E-state index < -0.39 is 45.2 Å². The van der Waals surface area contributed by atoms with Crippen LogP contribution in [0.5, 0.6) is 0 Å². The highest BCUT2D eigenvalue weighted by Gasteiger charge is 2.52. The average molecular weight is 735 g/mol. The van der Waals surface area contributed by atoms with Crippen LogP contribution >= 0.6 is 0 Å². The maximum atomic E-state index is 12.9. The lowest BCUT2D eigenvalue weighted by Crippen LogP contribution is -2.43. The fraction of sp³-hybridized carbons (Fsp3) is 0.647. The van der Waals surface area contributed by atoms with Gasteiger partial charge in [-0.3, -0.25) is 9.59 Å². The average Bonchev–Trinajstić information content (AvgIpc) is 3.71. The van der Waals surface area contributed by atoms with Crippen molar-refractivity contribution < 1.29 is 36.9 Å². The summed E-state index contributed by atoms with van der Waals surface area (Å²) in [6.07, 6.45) is 6.86. The Labute approximate surface area is 291 Å². The van der Waals surface area contributed by atoms with Crippen molar-refractivity contribution >= 4 is 57.0 Å². The summed E-state index contributed by atoms with van der Waals surface area (Å²) in [4.78, 5) is 50.5. The van der Waals surface area contributed by atoms with Crippen molar-refractivity contribution in [3.8, 4) is 0 Å². The van der Waals surface area contributed by atoms with Crippen LogP contribution in [0.1, 0.15) is 25.7 Å². The van der Waals surface area contributed by atoms with Crippen LogP contribution in [0.4, 0.5) is 0 Å². The summed E-state index contributed by atoms with van der Waals surface area (Å²) in [6, 6.07) is 1.83. The van der Waals surface area contributed by atoms with E-state index in [1.807, 2.05) is 23.6 Å². The van der Waals surface area contributed by atoms with E-state index in [0.29, 0.717) is 30.7 Å². The van der Waals surface area contributed by atoms with Gasteiger partial charge in [-0.05, 0) is 114 Å². The molecular weight excluding hydrogens is 677 g/mol. The lowest BCUT2D eigenvalue weighted by molar-refractivity contribution is -0.145. The normalized spacial score (nSPS) is 21.9. The Morgan fingerprint density at radius 1 is 0.771 bits per heavy atom. The van der Waals surface area contributed by atoms with Gasteiger partial charge in [-0.25, -0.2) is 9.59 Å². The van der Waals surface area contributed by atoms with Gasteiger partial charge in [0.05, 0.1) is 0 Å². The van der Waals surface area contributed by atoms with E-state index in [0.717, 1.165) is 31.4 Å². The lowest BCUT2D eigenvalue weighted by Gasteiger charge is -2.32. The maximum absolute atomic E-state index is 12.9. The van der Waals surface area contributed by atoms with Crippen molar-refractivity contribution in [3.63, 3.8) is 0 Å². The molecule has 2 bridgehead atoms. The largest absolute Gasteiger partial charge is 0.453 e. The van der Waals surface area contributed by atoms with E-state index in [9.17, 15) is 19.2 Å². The minimum atomic E-state index is -1.85. The van der Waals surface area contributed by atoms with E-state index in [4.69, 9.17) is 17.7 Å². The fourth-order valence-electron chi connectivity index (χ4n) is 7.18. The van der Waals surface area contributed by atoms with Gasteiger partial charge < -0.3 is 28.3 Å². The molecule has 0 heterocycles. The zero-order valence-corrected chi connectivity index (χ0v) is 34.4. The molecule has 0 radical (unpaired) electrons. The summed E-state index contributed by atoms with van der Waals surface area (Å²) in [6.45, 7) is 25.4. The molecule has 3 rings (SSSR count). The standard InChI is InChI=1S/C34H58N2O8Si4/c1-11-45(3,4)43-47(7,8)17-13-15-35-31(37)23-41-33(39)26-21-27-25-19-29(28(27)22-26)30(20-25)34(40)42-24-32(38)36-16-14-18-48(9,10)44-46(5,6)12-2/h11-12,20,22,25,27-29H,1-2,13-19,21,23-24H2,3-10H3,(H,35,37)(H,36,38). The highest BCUT2D eigenvalue weighted by molar-refractivity contribution is 6.88. The monoisotopic (exact) mass is 734 g/mol. The first-order chi connectivity index (χ1) is 22.3. The Morgan fingerprint density at radius 2 is 1.25 bits per heavy atom. The van der Waals surface area contributed by atoms with Crippen LogP contribution in [0, 0.1) is 23.7 Å². The SMILES string of the molecule is C=C[Si](C)(C)O[Si](C)(C)CCCNC(=O)COC(=O)C1=CC2C3CC(C=C3C(=O)OCC(=O)NCCC[Si](C)(C)O[Si](C)(C)C=C)C2C1. The molecular formula is C34H58N2O8Si4. The molecule has 1 saturated carbocycles. The third-order valence-electron chi connectivity index (χ3n) is 9.46. The fourth-order valence-corrected chi connectivity index (χ4v) is 22.1. The van der Waals surface area contributed by atoms with Crippen LogP contribution in [-0.4, -0.2) is 83.3 Å². The molecule has 4 unspecified atom stereocenters. The van der Waals surface area contributed by atoms with Crippen molar-refractivity contribution in [2.24, 2.45) is 23.7 Å². The number of hydrogen-bond donors (Lipinski definition) is 2. The molecule has 0 aromatic heterocycles. The summed E-state index contributed by atoms with van der Waals surface area (Å²) < 4.78 is 23.5. The lowest BCUT2D eigenvalue weighted by atomic mass is 9.81. The van der Waals surface area contributed by atoms with E-state index in [1.54, 1.807) is 0 Å². The van der Waals surface area contributed by atoms with E-state index in [2.05, 4.69) is 76.2 Å². The van der Waals surface area contributed by atoms with Gasteiger partial charge >= 0.3 is 11.9 Å². The quantitative estimate of drug-likeness (QED) is 0.0950. The summed E-state index contributed by atoms with van der Waals surface area (Å²) in [5.74, 6) is -1.21. The van der Waals surface area contributed by atoms with Crippen molar-refractivity contribution in [1.82, 2.24) is 10.6 Å². The Morgan fingerprint density at radius 3 is 1.73 bits per heavy atom. The molecule has 2 amide bonds. The molecule has 268 valence electrons. The summed E-state index contributed by atoms with van der Waals surface area (Å²) in [5.41, 5.74) is 5.03. The highest BCUT2D eigenvalue weighted by Crippen LogP contribution is 2.57. The molecule has 48 heavy (non-hydrogen) atoms. The van der Waals surface area contributed by atoms with Gasteiger partial charge in [0.15, 0.2) is 46.5 Å². The number of esters is 2. The molecule has 4 atom stereocenters. The number of fused-ring (bicyclic) bond motifs is 5. The first kappa shape index (κ1) is 40.1. The first-order valence-electron chi connectivity index (χ1n) is 17.2. The molecule has 2 N–H and O–H groups in total. The second-order valence-electron chi connectivity index (χ2n) is 15.7. The van der Waals surface area contributed by atoms with E-state index >= 15 is 0 Å². The van der Waals surface area contributed by atoms with E-state index in [1.165, 1.54) is 0 Å². The Hall–Kier alpha value is -2.37. The molecule has 10 nitrogen and oxygen atoms in total. The number of carbonyl (C=O) groups is 4. The number of ether oxygens (including phenoxy) is 2. The summed E-state index contributed by atoms with van der Waals surface area (Å²) in [7, 11) is -7.40. The van der Waals surface area contributed by atoms with Gasteiger partial charge in [0.1, 0.15) is 0 Å². The second kappa shape index (κ2) is 16.6. The third kappa shape index (κ3) is 11.9. The second-order valence-corrected chi connectivity index (χ2v) is 32.6. The van der Waals surface area contributed by atoms with Crippen molar-refractivity contribution in [3.05, 3.63) is 47.9 Å². The molecule has 0 aromatic carbocycles. The maximum Gasteiger partial charge on any atom is 0.334 e. The van der Waals surface area contributed by atoms with Crippen LogP contribution in [0.25, 0.3) is 0 Å². The van der Waals surface area contributed by atoms with Crippen molar-refractivity contribution in [2.45, 2.75) is 90.1 Å². The van der Waals surface area contributed by atoms with Crippen molar-refractivity contribution in [2.75, 3.05) is 26.3 Å². The predicted octanol–water partition coefficient (Wildman–Crippen LogP) is 5.53. The highest BCUT2D eigenvalue weighted by atomic mass is 28.4. The third-order valence-corrected chi connectivity index (χ3v) is 23.2. The Kier molecular flexibility index (Phi) is 13.8. The van der Waals surface area contributed by atoms with Crippen LogP contribution < -0.4 is 10.6 Å². The minimum absolute atomic E-state index is 0.0421. The first-order valence-corrected chi connectivity index (χ1v) is 29.4. The topological polar surface area (TPSA) is 129 Å². The number of amides is 2. The van der Waals surface area contributed by atoms with Gasteiger partial charge in [0.2, 0.25) is 0 Å². The number of hydrogen-bond acceptors (Lipinski definition) is 8. The number of nitrogens with one attached hydrogen (secondary N) is 2. The molecule has 0 spiro atoms. The van der Waals surface area contributed by atoms with Gasteiger partial charge in [0.25, 0.3) is 11.8 Å². The van der Waals surface area contributed by atoms with Gasteiger partial charge in [0, 0.05) is 24.2 Å². The van der Waals surface area contributed by atoms with Crippen molar-refractivity contribution in [1.29, 1.82) is 0 Å². The van der Waals surface area contributed by atoms with E-state index in [-0.39, 0.29) is 48.7 Å². The van der Waals surface area contributed by atoms with Gasteiger partial charge in [-0.15, -0.1) is 13.2 Å². The van der Waals surface area contributed by atoms with Gasteiger partial charge in [-0.1, -0.05) is 23.6 Å². The molecule has 14 heteroatoms. The zero-order valence-electron chi connectivity index (χ0n) is 30.4. The molecule has 0 saturated heterocycles. The Balaban J connectivity index is 1.36. The summed E-state index contributed by atoms with van der Waals surface area (Å²) >= 11 is 0. The number of carbonyl (C=O) groups excluding carboxylic acids is 4. The number of allylic oxidation sites excluding steroid dienone is 2. The molecule has 1 fully saturated rings. The summed E-state index contributed by atoms with van der Waals surface area (Å²) in [5, 5.41) is 5.68. The predicted molar refractivity (Wildman–Crippen MR) is 199 cm³/mol. The van der Waals surface area contributed by atoms with Crippen LogP contribution in [0.3, 0.4) is 0 Å². The molecule has 3 aliphatic rings. The minimum Gasteiger partial charge on any atom is -0.453 e. The molecule has 3 aliphatic carbocycles. The molecule has 0 aromatic rings. The van der Waals surface area contributed by atoms with Crippen LogP contribution in [0.2, 0.25) is 64.5 Å².